The fraction of sp³-hybridized carbons (Fsp3) is 0.294. The van der Waals surface area contributed by atoms with Gasteiger partial charge in [-0.1, -0.05) is 18.2 Å². The van der Waals surface area contributed by atoms with Crippen molar-refractivity contribution in [3.8, 4) is 0 Å². The Balaban J connectivity index is 1.75. The van der Waals surface area contributed by atoms with Crippen molar-refractivity contribution in [1.82, 2.24) is 14.7 Å². The number of benzene rings is 1. The summed E-state index contributed by atoms with van der Waals surface area (Å²) in [4.78, 5) is 15.4. The van der Waals surface area contributed by atoms with E-state index in [2.05, 4.69) is 24.2 Å². The zero-order chi connectivity index (χ0) is 15.7. The third-order valence-corrected chi connectivity index (χ3v) is 5.27. The molecule has 0 fully saturated rings. The molecule has 0 saturated heterocycles. The van der Waals surface area contributed by atoms with Crippen LogP contribution in [0.4, 0.5) is 0 Å². The molecule has 1 amide bonds. The normalized spacial score (nSPS) is 11.0. The molecule has 22 heavy (non-hydrogen) atoms. The number of hydrogen-bond acceptors (Lipinski definition) is 3. The molecule has 0 aliphatic rings. The Kier molecular flexibility index (Phi) is 3.98. The Labute approximate surface area is 134 Å². The molecule has 3 rings (SSSR count). The predicted octanol–water partition coefficient (Wildman–Crippen LogP) is 3.14. The van der Waals surface area contributed by atoms with E-state index in [0.29, 0.717) is 13.0 Å². The van der Waals surface area contributed by atoms with Crippen molar-refractivity contribution >= 4 is 27.3 Å². The summed E-state index contributed by atoms with van der Waals surface area (Å²) in [5, 5.41) is 5.39. The van der Waals surface area contributed by atoms with Crippen LogP contribution in [0, 0.1) is 6.92 Å². The molecule has 1 aromatic carbocycles. The molecule has 2 heterocycles. The number of rotatable bonds is 4. The van der Waals surface area contributed by atoms with Crippen molar-refractivity contribution in [2.24, 2.45) is 7.05 Å². The molecule has 0 radical (unpaired) electrons. The fourth-order valence-electron chi connectivity index (χ4n) is 2.55. The molecule has 5 heteroatoms. The van der Waals surface area contributed by atoms with E-state index in [0.717, 1.165) is 10.6 Å². The van der Waals surface area contributed by atoms with Crippen LogP contribution in [0.3, 0.4) is 0 Å². The van der Waals surface area contributed by atoms with E-state index in [9.17, 15) is 4.79 Å². The Bertz CT molecular complexity index is 818. The summed E-state index contributed by atoms with van der Waals surface area (Å²) in [6, 6.07) is 10.3. The molecule has 0 spiro atoms. The molecular weight excluding hydrogens is 294 g/mol. The van der Waals surface area contributed by atoms with Gasteiger partial charge in [0.2, 0.25) is 5.91 Å². The lowest BCUT2D eigenvalue weighted by molar-refractivity contribution is -0.129. The van der Waals surface area contributed by atoms with Crippen LogP contribution >= 0.6 is 11.3 Å². The Morgan fingerprint density at radius 3 is 2.77 bits per heavy atom. The van der Waals surface area contributed by atoms with Gasteiger partial charge in [0.25, 0.3) is 0 Å². The molecule has 114 valence electrons. The third-order valence-electron chi connectivity index (χ3n) is 4.00. The van der Waals surface area contributed by atoms with Crippen molar-refractivity contribution in [3.05, 3.63) is 52.7 Å². The maximum atomic E-state index is 12.5. The van der Waals surface area contributed by atoms with Gasteiger partial charge in [0.05, 0.1) is 18.7 Å². The lowest BCUT2D eigenvalue weighted by Crippen LogP contribution is -2.28. The number of amides is 1. The van der Waals surface area contributed by atoms with E-state index in [1.165, 1.54) is 15.6 Å². The number of thiophene rings is 1. The van der Waals surface area contributed by atoms with E-state index >= 15 is 0 Å². The fourth-order valence-corrected chi connectivity index (χ4v) is 3.76. The van der Waals surface area contributed by atoms with Crippen molar-refractivity contribution in [1.29, 1.82) is 0 Å². The summed E-state index contributed by atoms with van der Waals surface area (Å²) in [5.74, 6) is 0.135. The average Bonchev–Trinajstić information content (AvgIpc) is 3.04. The van der Waals surface area contributed by atoms with Crippen LogP contribution < -0.4 is 0 Å². The van der Waals surface area contributed by atoms with Gasteiger partial charge in [-0.3, -0.25) is 9.48 Å². The molecule has 3 aromatic rings. The topological polar surface area (TPSA) is 38.1 Å². The SMILES string of the molecule is Cc1c(CC(=O)N(C)Cc2ccnn2C)sc2ccccc12. The van der Waals surface area contributed by atoms with E-state index in [4.69, 9.17) is 0 Å². The van der Waals surface area contributed by atoms with Crippen LogP contribution in [-0.4, -0.2) is 27.6 Å². The van der Waals surface area contributed by atoms with E-state index in [-0.39, 0.29) is 5.91 Å². The Morgan fingerprint density at radius 2 is 2.09 bits per heavy atom. The summed E-state index contributed by atoms with van der Waals surface area (Å²) in [7, 11) is 3.74. The number of nitrogens with zero attached hydrogens (tertiary/aromatic N) is 3. The van der Waals surface area contributed by atoms with Crippen LogP contribution in [0.25, 0.3) is 10.1 Å². The van der Waals surface area contributed by atoms with Gasteiger partial charge in [-0.25, -0.2) is 0 Å². The average molecular weight is 313 g/mol. The summed E-state index contributed by atoms with van der Waals surface area (Å²) in [6.45, 7) is 2.68. The zero-order valence-corrected chi connectivity index (χ0v) is 13.9. The molecular formula is C17H19N3OS. The van der Waals surface area contributed by atoms with Crippen molar-refractivity contribution in [2.45, 2.75) is 19.9 Å². The van der Waals surface area contributed by atoms with Crippen LogP contribution in [0.1, 0.15) is 16.1 Å². The molecule has 0 atom stereocenters. The lowest BCUT2D eigenvalue weighted by Gasteiger charge is -2.17. The maximum Gasteiger partial charge on any atom is 0.227 e. The first-order valence-electron chi connectivity index (χ1n) is 7.24. The van der Waals surface area contributed by atoms with Gasteiger partial charge in [-0.05, 0) is 30.0 Å². The van der Waals surface area contributed by atoms with E-state index < -0.39 is 0 Å². The minimum absolute atomic E-state index is 0.135. The zero-order valence-electron chi connectivity index (χ0n) is 13.0. The van der Waals surface area contributed by atoms with E-state index in [1.807, 2.05) is 32.3 Å². The van der Waals surface area contributed by atoms with Crippen molar-refractivity contribution in [3.63, 3.8) is 0 Å². The number of hydrogen-bond donors (Lipinski definition) is 0. The van der Waals surface area contributed by atoms with Gasteiger partial charge in [-0.2, -0.15) is 5.10 Å². The Morgan fingerprint density at radius 1 is 1.32 bits per heavy atom. The molecule has 0 saturated carbocycles. The predicted molar refractivity (Wildman–Crippen MR) is 89.9 cm³/mol. The Hall–Kier alpha value is -2.14. The van der Waals surface area contributed by atoms with Crippen LogP contribution in [0.5, 0.6) is 0 Å². The first-order valence-corrected chi connectivity index (χ1v) is 8.05. The summed E-state index contributed by atoms with van der Waals surface area (Å²) < 4.78 is 3.05. The molecule has 0 aliphatic heterocycles. The highest BCUT2D eigenvalue weighted by Gasteiger charge is 2.16. The second kappa shape index (κ2) is 5.93. The number of aryl methyl sites for hydroxylation is 2. The van der Waals surface area contributed by atoms with Gasteiger partial charge in [0, 0.05) is 29.9 Å². The van der Waals surface area contributed by atoms with Crippen molar-refractivity contribution < 1.29 is 4.79 Å². The standard InChI is InChI=1S/C17H19N3OS/c1-12-14-6-4-5-7-15(14)22-16(12)10-17(21)19(2)11-13-8-9-18-20(13)3/h4-9H,10-11H2,1-3H3. The van der Waals surface area contributed by atoms with Gasteiger partial charge < -0.3 is 4.90 Å². The van der Waals surface area contributed by atoms with E-state index in [1.54, 1.807) is 27.1 Å². The minimum atomic E-state index is 0.135. The summed E-state index contributed by atoms with van der Waals surface area (Å²) in [6.07, 6.45) is 2.21. The number of fused-ring (bicyclic) bond motifs is 1. The van der Waals surface area contributed by atoms with Crippen molar-refractivity contribution in [2.75, 3.05) is 7.05 Å². The second-order valence-electron chi connectivity index (χ2n) is 5.52. The lowest BCUT2D eigenvalue weighted by atomic mass is 10.1. The van der Waals surface area contributed by atoms with Gasteiger partial charge in [0.15, 0.2) is 0 Å². The summed E-state index contributed by atoms with van der Waals surface area (Å²) in [5.41, 5.74) is 2.26. The first kappa shape index (κ1) is 14.8. The quantitative estimate of drug-likeness (QED) is 0.742. The van der Waals surface area contributed by atoms with Gasteiger partial charge >= 0.3 is 0 Å². The molecule has 4 nitrogen and oxygen atoms in total. The number of carbonyl (C=O) groups excluding carboxylic acids is 1. The minimum Gasteiger partial charge on any atom is -0.340 e. The van der Waals surface area contributed by atoms with Crippen LogP contribution in [-0.2, 0) is 24.8 Å². The number of carbonyl (C=O) groups is 1. The molecule has 2 aromatic heterocycles. The number of aromatic nitrogens is 2. The van der Waals surface area contributed by atoms with Gasteiger partial charge in [0.1, 0.15) is 0 Å². The van der Waals surface area contributed by atoms with Gasteiger partial charge in [-0.15, -0.1) is 11.3 Å². The smallest absolute Gasteiger partial charge is 0.227 e. The number of likely N-dealkylation sites (N-methyl/N-ethyl adjacent to an activating group) is 1. The second-order valence-corrected chi connectivity index (χ2v) is 6.66. The summed E-state index contributed by atoms with van der Waals surface area (Å²) >= 11 is 1.72. The molecule has 0 N–H and O–H groups in total. The first-order chi connectivity index (χ1) is 10.6. The molecule has 0 unspecified atom stereocenters. The van der Waals surface area contributed by atoms with Crippen LogP contribution in [0.2, 0.25) is 0 Å². The van der Waals surface area contributed by atoms with Crippen LogP contribution in [0.15, 0.2) is 36.5 Å². The molecule has 0 aliphatic carbocycles. The highest BCUT2D eigenvalue weighted by Crippen LogP contribution is 2.31. The monoisotopic (exact) mass is 313 g/mol. The highest BCUT2D eigenvalue weighted by molar-refractivity contribution is 7.19. The maximum absolute atomic E-state index is 12.5. The third kappa shape index (κ3) is 2.76. The highest BCUT2D eigenvalue weighted by atomic mass is 32.1. The largest absolute Gasteiger partial charge is 0.340 e. The molecule has 0 bridgehead atoms.